The Balaban J connectivity index is 1.46. The number of rotatable bonds is 4. The van der Waals surface area contributed by atoms with Gasteiger partial charge in [0.2, 0.25) is 0 Å². The molecule has 134 valence electrons. The predicted octanol–water partition coefficient (Wildman–Crippen LogP) is 2.59. The lowest BCUT2D eigenvalue weighted by Gasteiger charge is -2.40. The van der Waals surface area contributed by atoms with Gasteiger partial charge >= 0.3 is 0 Å². The van der Waals surface area contributed by atoms with Crippen LogP contribution in [0.25, 0.3) is 11.4 Å². The van der Waals surface area contributed by atoms with E-state index in [9.17, 15) is 0 Å². The van der Waals surface area contributed by atoms with Gasteiger partial charge in [0.1, 0.15) is 11.6 Å². The second kappa shape index (κ2) is 7.25. The molecule has 0 unspecified atom stereocenters. The van der Waals surface area contributed by atoms with E-state index in [2.05, 4.69) is 38.3 Å². The fraction of sp³-hybridized carbons (Fsp3) is 0.350. The average molecular weight is 348 g/mol. The molecule has 1 aliphatic rings. The first-order valence-corrected chi connectivity index (χ1v) is 9.04. The van der Waals surface area contributed by atoms with E-state index in [0.29, 0.717) is 6.04 Å². The third-order valence-corrected chi connectivity index (χ3v) is 5.03. The van der Waals surface area contributed by atoms with Crippen LogP contribution in [-0.4, -0.2) is 50.1 Å². The summed E-state index contributed by atoms with van der Waals surface area (Å²) in [5, 5.41) is 0. The van der Waals surface area contributed by atoms with E-state index in [4.69, 9.17) is 4.98 Å². The van der Waals surface area contributed by atoms with Gasteiger partial charge in [-0.05, 0) is 13.0 Å². The number of hydrogen-bond donors (Lipinski definition) is 0. The zero-order chi connectivity index (χ0) is 17.9. The van der Waals surface area contributed by atoms with Gasteiger partial charge in [0.25, 0.3) is 0 Å². The van der Waals surface area contributed by atoms with Crippen LogP contribution >= 0.6 is 0 Å². The van der Waals surface area contributed by atoms with E-state index in [1.54, 1.807) is 0 Å². The van der Waals surface area contributed by atoms with Crippen LogP contribution in [0, 0.1) is 0 Å². The summed E-state index contributed by atoms with van der Waals surface area (Å²) in [6, 6.07) is 12.6. The molecular formula is C20H24N6. The van der Waals surface area contributed by atoms with Gasteiger partial charge in [0.05, 0.1) is 6.54 Å². The van der Waals surface area contributed by atoms with Crippen LogP contribution in [0.3, 0.4) is 0 Å². The van der Waals surface area contributed by atoms with E-state index in [0.717, 1.165) is 49.2 Å². The fourth-order valence-electron chi connectivity index (χ4n) is 3.42. The largest absolute Gasteiger partial charge is 0.354 e. The lowest BCUT2D eigenvalue weighted by molar-refractivity contribution is 0.174. The standard InChI is InChI=1S/C20H24N6/c1-16-14-26(13-12-25(16)15-19-21-10-11-24(19)2)18-8-9-22-20(23-18)17-6-4-3-5-7-17/h3-11,16H,12-15H2,1-2H3/t16-/m1/s1. The zero-order valence-corrected chi connectivity index (χ0v) is 15.3. The highest BCUT2D eigenvalue weighted by atomic mass is 15.3. The van der Waals surface area contributed by atoms with Crippen LogP contribution < -0.4 is 4.90 Å². The van der Waals surface area contributed by atoms with Crippen molar-refractivity contribution in [2.24, 2.45) is 7.05 Å². The van der Waals surface area contributed by atoms with Gasteiger partial charge in [0, 0.05) is 56.9 Å². The summed E-state index contributed by atoms with van der Waals surface area (Å²) >= 11 is 0. The van der Waals surface area contributed by atoms with Crippen LogP contribution in [0.2, 0.25) is 0 Å². The van der Waals surface area contributed by atoms with Crippen LogP contribution in [0.5, 0.6) is 0 Å². The summed E-state index contributed by atoms with van der Waals surface area (Å²) in [6.45, 7) is 6.07. The molecule has 26 heavy (non-hydrogen) atoms. The molecule has 1 atom stereocenters. The maximum Gasteiger partial charge on any atom is 0.161 e. The second-order valence-corrected chi connectivity index (χ2v) is 6.82. The number of nitrogens with zero attached hydrogens (tertiary/aromatic N) is 6. The Kier molecular flexibility index (Phi) is 4.67. The van der Waals surface area contributed by atoms with Gasteiger partial charge in [-0.1, -0.05) is 30.3 Å². The maximum atomic E-state index is 4.80. The van der Waals surface area contributed by atoms with E-state index in [1.807, 2.05) is 55.0 Å². The Labute approximate surface area is 154 Å². The molecule has 4 rings (SSSR count). The van der Waals surface area contributed by atoms with Crippen molar-refractivity contribution in [3.05, 3.63) is 60.8 Å². The second-order valence-electron chi connectivity index (χ2n) is 6.82. The number of imidazole rings is 1. The summed E-state index contributed by atoms with van der Waals surface area (Å²) in [6.07, 6.45) is 5.72. The van der Waals surface area contributed by atoms with Gasteiger partial charge in [0.15, 0.2) is 5.82 Å². The van der Waals surface area contributed by atoms with Crippen molar-refractivity contribution in [2.45, 2.75) is 19.5 Å². The third-order valence-electron chi connectivity index (χ3n) is 5.03. The van der Waals surface area contributed by atoms with Crippen molar-refractivity contribution in [3.8, 4) is 11.4 Å². The molecule has 0 aliphatic carbocycles. The van der Waals surface area contributed by atoms with Gasteiger partial charge in [-0.2, -0.15) is 0 Å². The molecule has 1 saturated heterocycles. The van der Waals surface area contributed by atoms with Crippen LogP contribution in [0.4, 0.5) is 5.82 Å². The molecule has 0 bridgehead atoms. The molecule has 3 aromatic rings. The van der Waals surface area contributed by atoms with Crippen molar-refractivity contribution >= 4 is 5.82 Å². The lowest BCUT2D eigenvalue weighted by atomic mass is 10.2. The van der Waals surface area contributed by atoms with Gasteiger partial charge < -0.3 is 9.47 Å². The highest BCUT2D eigenvalue weighted by molar-refractivity contribution is 5.57. The lowest BCUT2D eigenvalue weighted by Crippen LogP contribution is -2.52. The van der Waals surface area contributed by atoms with Crippen molar-refractivity contribution in [1.82, 2.24) is 24.4 Å². The minimum Gasteiger partial charge on any atom is -0.354 e. The normalized spacial score (nSPS) is 18.2. The third kappa shape index (κ3) is 3.46. The molecule has 0 N–H and O–H groups in total. The first-order valence-electron chi connectivity index (χ1n) is 9.04. The quantitative estimate of drug-likeness (QED) is 0.725. The van der Waals surface area contributed by atoms with Crippen LogP contribution in [0.1, 0.15) is 12.7 Å². The molecule has 1 fully saturated rings. The molecule has 6 heteroatoms. The first kappa shape index (κ1) is 16.7. The van der Waals surface area contributed by atoms with Gasteiger partial charge in [-0.3, -0.25) is 4.90 Å². The van der Waals surface area contributed by atoms with Crippen LogP contribution in [0.15, 0.2) is 55.0 Å². The number of piperazine rings is 1. The zero-order valence-electron chi connectivity index (χ0n) is 15.3. The van der Waals surface area contributed by atoms with E-state index in [-0.39, 0.29) is 0 Å². The molecule has 2 aromatic heterocycles. The Morgan fingerprint density at radius 1 is 1.04 bits per heavy atom. The van der Waals surface area contributed by atoms with E-state index < -0.39 is 0 Å². The molecule has 6 nitrogen and oxygen atoms in total. The SMILES string of the molecule is C[C@@H]1CN(c2ccnc(-c3ccccc3)n2)CCN1Cc1nccn1C. The molecule has 3 heterocycles. The topological polar surface area (TPSA) is 50.1 Å². The molecular weight excluding hydrogens is 324 g/mol. The predicted molar refractivity (Wildman–Crippen MR) is 103 cm³/mol. The Morgan fingerprint density at radius 2 is 1.88 bits per heavy atom. The Morgan fingerprint density at radius 3 is 2.62 bits per heavy atom. The molecule has 1 aliphatic heterocycles. The highest BCUT2D eigenvalue weighted by Crippen LogP contribution is 2.21. The Bertz CT molecular complexity index is 860. The number of benzene rings is 1. The van der Waals surface area contributed by atoms with E-state index in [1.165, 1.54) is 0 Å². The minimum atomic E-state index is 0.440. The molecule has 0 saturated carbocycles. The van der Waals surface area contributed by atoms with Crippen molar-refractivity contribution in [3.63, 3.8) is 0 Å². The van der Waals surface area contributed by atoms with Gasteiger partial charge in [-0.15, -0.1) is 0 Å². The van der Waals surface area contributed by atoms with Gasteiger partial charge in [-0.25, -0.2) is 15.0 Å². The summed E-state index contributed by atoms with van der Waals surface area (Å²) in [5.74, 6) is 2.90. The number of aryl methyl sites for hydroxylation is 1. The smallest absolute Gasteiger partial charge is 0.161 e. The Hall–Kier alpha value is -2.73. The summed E-state index contributed by atoms with van der Waals surface area (Å²) in [5.41, 5.74) is 1.05. The number of anilines is 1. The molecule has 1 aromatic carbocycles. The first-order chi connectivity index (χ1) is 12.7. The maximum absolute atomic E-state index is 4.80. The molecule has 0 radical (unpaired) electrons. The van der Waals surface area contributed by atoms with Crippen LogP contribution in [-0.2, 0) is 13.6 Å². The summed E-state index contributed by atoms with van der Waals surface area (Å²) in [4.78, 5) is 18.5. The fourth-order valence-corrected chi connectivity index (χ4v) is 3.42. The minimum absolute atomic E-state index is 0.440. The number of hydrogen-bond acceptors (Lipinski definition) is 5. The summed E-state index contributed by atoms with van der Waals surface area (Å²) < 4.78 is 2.09. The van der Waals surface area contributed by atoms with Crippen molar-refractivity contribution in [2.75, 3.05) is 24.5 Å². The number of aromatic nitrogens is 4. The highest BCUT2D eigenvalue weighted by Gasteiger charge is 2.25. The average Bonchev–Trinajstić information content (AvgIpc) is 3.09. The summed E-state index contributed by atoms with van der Waals surface area (Å²) in [7, 11) is 2.05. The van der Waals surface area contributed by atoms with Crippen molar-refractivity contribution in [1.29, 1.82) is 0 Å². The van der Waals surface area contributed by atoms with E-state index >= 15 is 0 Å². The monoisotopic (exact) mass is 348 g/mol. The molecule has 0 spiro atoms. The van der Waals surface area contributed by atoms with Crippen molar-refractivity contribution < 1.29 is 0 Å². The molecule has 0 amide bonds.